The first kappa shape index (κ1) is 24.9. The number of nitrogens with one attached hydrogen (secondary N) is 2. The molecule has 4 aromatic rings. The van der Waals surface area contributed by atoms with E-state index in [2.05, 4.69) is 15.8 Å². The van der Waals surface area contributed by atoms with E-state index in [1.165, 1.54) is 24.4 Å². The molecule has 0 saturated carbocycles. The predicted octanol–water partition coefficient (Wildman–Crippen LogP) is 5.76. The van der Waals surface area contributed by atoms with Crippen LogP contribution in [0.15, 0.2) is 84.0 Å². The molecule has 7 nitrogen and oxygen atoms in total. The van der Waals surface area contributed by atoms with E-state index in [1.807, 2.05) is 37.3 Å². The largest absolute Gasteiger partial charge is 0.422 e. The van der Waals surface area contributed by atoms with Crippen molar-refractivity contribution in [1.82, 2.24) is 5.43 Å². The van der Waals surface area contributed by atoms with Crippen LogP contribution in [0, 0.1) is 6.92 Å². The Kier molecular flexibility index (Phi) is 7.63. The van der Waals surface area contributed by atoms with Gasteiger partial charge in [0.2, 0.25) is 0 Å². The minimum Gasteiger partial charge on any atom is -0.422 e. The van der Waals surface area contributed by atoms with Gasteiger partial charge in [-0.15, -0.1) is 0 Å². The van der Waals surface area contributed by atoms with Crippen molar-refractivity contribution in [2.45, 2.75) is 6.92 Å². The quantitative estimate of drug-likeness (QED) is 0.115. The van der Waals surface area contributed by atoms with Gasteiger partial charge in [-0.05, 0) is 59.7 Å². The monoisotopic (exact) mass is 519 g/mol. The fourth-order valence-corrected chi connectivity index (χ4v) is 3.91. The third kappa shape index (κ3) is 5.89. The molecule has 0 unspecified atom stereocenters. The summed E-state index contributed by atoms with van der Waals surface area (Å²) in [5, 5.41) is 8.53. The first-order chi connectivity index (χ1) is 17.3. The van der Waals surface area contributed by atoms with Gasteiger partial charge in [0.15, 0.2) is 0 Å². The summed E-state index contributed by atoms with van der Waals surface area (Å²) in [4.78, 5) is 37.3. The highest BCUT2D eigenvalue weighted by Gasteiger charge is 2.17. The number of carbonyl (C=O) groups is 3. The van der Waals surface area contributed by atoms with Crippen molar-refractivity contribution in [3.8, 4) is 5.75 Å². The van der Waals surface area contributed by atoms with Gasteiger partial charge in [-0.25, -0.2) is 10.2 Å². The minimum absolute atomic E-state index is 0.137. The third-order valence-corrected chi connectivity index (χ3v) is 5.67. The lowest BCUT2D eigenvalue weighted by Crippen LogP contribution is -2.32. The van der Waals surface area contributed by atoms with Crippen LogP contribution in [-0.4, -0.2) is 24.0 Å². The summed E-state index contributed by atoms with van der Waals surface area (Å²) in [7, 11) is 0. The SMILES string of the molecule is Cc1cccc(NC(=O)C(=O)N/N=C\c2c(OC(=O)c3ccc(Cl)cc3Cl)ccc3ccccc23)c1. The number of hydrazone groups is 1. The maximum absolute atomic E-state index is 12.8. The van der Waals surface area contributed by atoms with Crippen LogP contribution in [0.1, 0.15) is 21.5 Å². The molecule has 0 radical (unpaired) electrons. The van der Waals surface area contributed by atoms with Crippen molar-refractivity contribution in [2.75, 3.05) is 5.32 Å². The van der Waals surface area contributed by atoms with Crippen LogP contribution in [0.3, 0.4) is 0 Å². The number of hydrogen-bond donors (Lipinski definition) is 2. The number of halogens is 2. The summed E-state index contributed by atoms with van der Waals surface area (Å²) in [6.45, 7) is 1.87. The second-order valence-corrected chi connectivity index (χ2v) is 8.58. The minimum atomic E-state index is -0.959. The van der Waals surface area contributed by atoms with Crippen LogP contribution < -0.4 is 15.5 Å². The number of rotatable bonds is 5. The van der Waals surface area contributed by atoms with E-state index in [9.17, 15) is 14.4 Å². The van der Waals surface area contributed by atoms with Crippen molar-refractivity contribution >= 4 is 63.7 Å². The Morgan fingerprint density at radius 2 is 1.69 bits per heavy atom. The van der Waals surface area contributed by atoms with E-state index in [0.717, 1.165) is 10.9 Å². The number of carbonyl (C=O) groups excluding carboxylic acids is 3. The molecule has 0 aliphatic carbocycles. The summed E-state index contributed by atoms with van der Waals surface area (Å²) in [6.07, 6.45) is 1.31. The summed E-state index contributed by atoms with van der Waals surface area (Å²) in [5.74, 6) is -2.34. The van der Waals surface area contributed by atoms with Crippen molar-refractivity contribution in [3.63, 3.8) is 0 Å². The van der Waals surface area contributed by atoms with Crippen molar-refractivity contribution in [3.05, 3.63) is 106 Å². The summed E-state index contributed by atoms with van der Waals surface area (Å²) in [6, 6.07) is 22.2. The molecule has 0 bridgehead atoms. The second kappa shape index (κ2) is 11.0. The van der Waals surface area contributed by atoms with E-state index < -0.39 is 17.8 Å². The van der Waals surface area contributed by atoms with Crippen LogP contribution in [0.25, 0.3) is 10.8 Å². The van der Waals surface area contributed by atoms with Gasteiger partial charge >= 0.3 is 17.8 Å². The fraction of sp³-hybridized carbons (Fsp3) is 0.0370. The van der Waals surface area contributed by atoms with Gasteiger partial charge in [-0.2, -0.15) is 5.10 Å². The fourth-order valence-electron chi connectivity index (χ4n) is 3.42. The number of hydrogen-bond acceptors (Lipinski definition) is 5. The summed E-state index contributed by atoms with van der Waals surface area (Å²) in [5.41, 5.74) is 4.18. The number of anilines is 1. The Morgan fingerprint density at radius 1 is 0.889 bits per heavy atom. The summed E-state index contributed by atoms with van der Waals surface area (Å²) < 4.78 is 5.61. The lowest BCUT2D eigenvalue weighted by Gasteiger charge is -2.11. The van der Waals surface area contributed by atoms with Crippen molar-refractivity contribution in [2.24, 2.45) is 5.10 Å². The van der Waals surface area contributed by atoms with Gasteiger partial charge < -0.3 is 10.1 Å². The highest BCUT2D eigenvalue weighted by Crippen LogP contribution is 2.29. The number of fused-ring (bicyclic) bond motifs is 1. The second-order valence-electron chi connectivity index (χ2n) is 7.73. The highest BCUT2D eigenvalue weighted by molar-refractivity contribution is 6.39. The van der Waals surface area contributed by atoms with Gasteiger partial charge in [-0.1, -0.05) is 65.7 Å². The Morgan fingerprint density at radius 3 is 2.47 bits per heavy atom. The van der Waals surface area contributed by atoms with Gasteiger partial charge in [0.25, 0.3) is 0 Å². The van der Waals surface area contributed by atoms with Crippen LogP contribution in [0.2, 0.25) is 10.0 Å². The normalized spacial score (nSPS) is 10.9. The molecule has 0 aliphatic heterocycles. The molecular weight excluding hydrogens is 501 g/mol. The molecule has 0 aliphatic rings. The maximum atomic E-state index is 12.8. The Hall–Kier alpha value is -4.20. The van der Waals surface area contributed by atoms with Gasteiger partial charge in [0, 0.05) is 16.3 Å². The molecule has 0 heterocycles. The average Bonchev–Trinajstić information content (AvgIpc) is 2.85. The van der Waals surface area contributed by atoms with E-state index >= 15 is 0 Å². The van der Waals surface area contributed by atoms with Crippen LogP contribution in [-0.2, 0) is 9.59 Å². The number of esters is 1. The zero-order chi connectivity index (χ0) is 25.7. The van der Waals surface area contributed by atoms with E-state index in [4.69, 9.17) is 27.9 Å². The molecule has 0 atom stereocenters. The Balaban J connectivity index is 1.56. The molecule has 0 spiro atoms. The lowest BCUT2D eigenvalue weighted by molar-refractivity contribution is -0.136. The third-order valence-electron chi connectivity index (χ3n) is 5.13. The Bertz CT molecular complexity index is 1520. The van der Waals surface area contributed by atoms with E-state index in [1.54, 1.807) is 30.3 Å². The zero-order valence-corrected chi connectivity index (χ0v) is 20.4. The standard InChI is InChI=1S/C27H19Cl2N3O4/c1-16-5-4-7-19(13-16)31-25(33)26(34)32-30-15-22-20-8-3-2-6-17(20)9-12-24(22)36-27(35)21-11-10-18(28)14-23(21)29/h2-15H,1H3,(H,31,33)(H,32,34)/b30-15-. The molecule has 9 heteroatoms. The summed E-state index contributed by atoms with van der Waals surface area (Å²) >= 11 is 12.1. The number of ether oxygens (including phenoxy) is 1. The predicted molar refractivity (Wildman–Crippen MR) is 141 cm³/mol. The molecule has 0 fully saturated rings. The zero-order valence-electron chi connectivity index (χ0n) is 18.9. The van der Waals surface area contributed by atoms with Crippen molar-refractivity contribution < 1.29 is 19.1 Å². The Labute approximate surface area is 216 Å². The molecule has 4 aromatic carbocycles. The van der Waals surface area contributed by atoms with E-state index in [0.29, 0.717) is 21.7 Å². The smallest absolute Gasteiger partial charge is 0.345 e. The molecule has 0 aromatic heterocycles. The topological polar surface area (TPSA) is 96.9 Å². The molecular formula is C27H19Cl2N3O4. The van der Waals surface area contributed by atoms with E-state index in [-0.39, 0.29) is 16.3 Å². The number of nitrogens with zero attached hydrogens (tertiary/aromatic N) is 1. The number of benzene rings is 4. The molecule has 2 N–H and O–H groups in total. The highest BCUT2D eigenvalue weighted by atomic mass is 35.5. The lowest BCUT2D eigenvalue weighted by atomic mass is 10.0. The van der Waals surface area contributed by atoms with Gasteiger partial charge in [0.05, 0.1) is 16.8 Å². The molecule has 180 valence electrons. The first-order valence-corrected chi connectivity index (χ1v) is 11.5. The van der Waals surface area contributed by atoms with Crippen molar-refractivity contribution in [1.29, 1.82) is 0 Å². The van der Waals surface area contributed by atoms with Crippen LogP contribution in [0.4, 0.5) is 5.69 Å². The molecule has 0 saturated heterocycles. The van der Waals surface area contributed by atoms with Crippen LogP contribution in [0.5, 0.6) is 5.75 Å². The van der Waals surface area contributed by atoms with Gasteiger partial charge in [0.1, 0.15) is 5.75 Å². The van der Waals surface area contributed by atoms with Crippen LogP contribution >= 0.6 is 23.2 Å². The number of aryl methyl sites for hydroxylation is 1. The number of amides is 2. The first-order valence-electron chi connectivity index (χ1n) is 10.7. The average molecular weight is 520 g/mol. The maximum Gasteiger partial charge on any atom is 0.345 e. The van der Waals surface area contributed by atoms with Gasteiger partial charge in [-0.3, -0.25) is 9.59 Å². The molecule has 2 amide bonds. The molecule has 4 rings (SSSR count). The molecule has 36 heavy (non-hydrogen) atoms.